The van der Waals surface area contributed by atoms with Gasteiger partial charge in [-0.25, -0.2) is 4.98 Å². The van der Waals surface area contributed by atoms with Gasteiger partial charge in [-0.15, -0.1) is 0 Å². The molecular formula is C15H20N4O. The van der Waals surface area contributed by atoms with Gasteiger partial charge in [-0.1, -0.05) is 0 Å². The highest BCUT2D eigenvalue weighted by molar-refractivity contribution is 5.94. The first kappa shape index (κ1) is 14.1. The van der Waals surface area contributed by atoms with E-state index in [4.69, 9.17) is 0 Å². The lowest BCUT2D eigenvalue weighted by Gasteiger charge is -2.09. The number of aryl methyl sites for hydroxylation is 1. The summed E-state index contributed by atoms with van der Waals surface area (Å²) in [7, 11) is 0. The van der Waals surface area contributed by atoms with Gasteiger partial charge in [-0.2, -0.15) is 0 Å². The molecule has 0 aliphatic rings. The van der Waals surface area contributed by atoms with Gasteiger partial charge in [0.05, 0.1) is 18.6 Å². The van der Waals surface area contributed by atoms with Crippen LogP contribution in [0.3, 0.4) is 0 Å². The van der Waals surface area contributed by atoms with E-state index in [2.05, 4.69) is 20.6 Å². The van der Waals surface area contributed by atoms with Gasteiger partial charge in [0.15, 0.2) is 0 Å². The van der Waals surface area contributed by atoms with Crippen molar-refractivity contribution in [2.45, 2.75) is 33.4 Å². The van der Waals surface area contributed by atoms with Crippen molar-refractivity contribution in [3.05, 3.63) is 47.5 Å². The van der Waals surface area contributed by atoms with E-state index in [1.54, 1.807) is 6.33 Å². The van der Waals surface area contributed by atoms with Gasteiger partial charge in [0.1, 0.15) is 0 Å². The van der Waals surface area contributed by atoms with Gasteiger partial charge in [0.2, 0.25) is 0 Å². The van der Waals surface area contributed by atoms with Crippen molar-refractivity contribution in [3.63, 3.8) is 0 Å². The van der Waals surface area contributed by atoms with Gasteiger partial charge in [0.25, 0.3) is 5.91 Å². The zero-order chi connectivity index (χ0) is 14.5. The predicted octanol–water partition coefficient (Wildman–Crippen LogP) is 2.47. The topological polar surface area (TPSA) is 69.8 Å². The lowest BCUT2D eigenvalue weighted by atomic mass is 10.2. The molecule has 5 nitrogen and oxygen atoms in total. The molecule has 1 amide bonds. The fourth-order valence-electron chi connectivity index (χ4n) is 1.84. The number of anilines is 1. The Labute approximate surface area is 118 Å². The fourth-order valence-corrected chi connectivity index (χ4v) is 1.84. The summed E-state index contributed by atoms with van der Waals surface area (Å²) in [5, 5.41) is 6.15. The Morgan fingerprint density at radius 3 is 2.55 bits per heavy atom. The van der Waals surface area contributed by atoms with Crippen LogP contribution in [0.4, 0.5) is 5.69 Å². The average Bonchev–Trinajstić information content (AvgIpc) is 2.82. The summed E-state index contributed by atoms with van der Waals surface area (Å²) in [5.74, 6) is -0.0466. The van der Waals surface area contributed by atoms with Crippen LogP contribution < -0.4 is 10.6 Å². The lowest BCUT2D eigenvalue weighted by Crippen LogP contribution is -2.29. The Hall–Kier alpha value is -2.30. The Balaban J connectivity index is 1.95. The third-order valence-electron chi connectivity index (χ3n) is 2.96. The highest BCUT2D eigenvalue weighted by atomic mass is 16.1. The third kappa shape index (κ3) is 3.60. The molecule has 0 bridgehead atoms. The summed E-state index contributed by atoms with van der Waals surface area (Å²) < 4.78 is 0. The minimum Gasteiger partial charge on any atom is -0.379 e. The minimum absolute atomic E-state index is 0.0466. The summed E-state index contributed by atoms with van der Waals surface area (Å²) in [6.07, 6.45) is 1.69. The monoisotopic (exact) mass is 272 g/mol. The average molecular weight is 272 g/mol. The van der Waals surface area contributed by atoms with Crippen LogP contribution in [0.5, 0.6) is 0 Å². The highest BCUT2D eigenvalue weighted by Gasteiger charge is 2.06. The number of nitrogens with zero attached hydrogens (tertiary/aromatic N) is 1. The van der Waals surface area contributed by atoms with Crippen LogP contribution in [0.2, 0.25) is 0 Å². The Morgan fingerprint density at radius 1 is 1.30 bits per heavy atom. The molecule has 0 unspecified atom stereocenters. The van der Waals surface area contributed by atoms with E-state index >= 15 is 0 Å². The second-order valence-electron chi connectivity index (χ2n) is 5.03. The number of imidazole rings is 1. The molecule has 1 aromatic carbocycles. The molecule has 0 fully saturated rings. The van der Waals surface area contributed by atoms with Gasteiger partial charge in [-0.05, 0) is 45.0 Å². The van der Waals surface area contributed by atoms with Crippen molar-refractivity contribution in [2.75, 3.05) is 5.32 Å². The third-order valence-corrected chi connectivity index (χ3v) is 2.96. The van der Waals surface area contributed by atoms with E-state index < -0.39 is 0 Å². The zero-order valence-corrected chi connectivity index (χ0v) is 12.0. The van der Waals surface area contributed by atoms with Crippen LogP contribution in [-0.2, 0) is 6.54 Å². The van der Waals surface area contributed by atoms with Crippen LogP contribution >= 0.6 is 0 Å². The standard InChI is InChI=1S/C15H20N4O/c1-10(2)19-15(20)12-4-6-13(7-5-12)16-8-14-11(3)17-9-18-14/h4-7,9-10,16H,8H2,1-3H3,(H,17,18)(H,19,20). The van der Waals surface area contributed by atoms with Crippen molar-refractivity contribution in [1.82, 2.24) is 15.3 Å². The summed E-state index contributed by atoms with van der Waals surface area (Å²) in [6.45, 7) is 6.54. The van der Waals surface area contributed by atoms with Gasteiger partial charge >= 0.3 is 0 Å². The number of carbonyl (C=O) groups is 1. The summed E-state index contributed by atoms with van der Waals surface area (Å²) in [5.41, 5.74) is 3.69. The predicted molar refractivity (Wildman–Crippen MR) is 79.7 cm³/mol. The Kier molecular flexibility index (Phi) is 4.40. The maximum Gasteiger partial charge on any atom is 0.251 e. The number of amides is 1. The van der Waals surface area contributed by atoms with Crippen LogP contribution in [0.1, 0.15) is 35.6 Å². The number of hydrogen-bond acceptors (Lipinski definition) is 3. The fraction of sp³-hybridized carbons (Fsp3) is 0.333. The molecule has 0 spiro atoms. The first-order valence-electron chi connectivity index (χ1n) is 6.70. The van der Waals surface area contributed by atoms with E-state index in [1.807, 2.05) is 45.0 Å². The summed E-state index contributed by atoms with van der Waals surface area (Å²) in [6, 6.07) is 7.58. The number of carbonyl (C=O) groups excluding carboxylic acids is 1. The summed E-state index contributed by atoms with van der Waals surface area (Å²) >= 11 is 0. The largest absolute Gasteiger partial charge is 0.379 e. The molecule has 1 aromatic heterocycles. The molecule has 0 radical (unpaired) electrons. The van der Waals surface area contributed by atoms with Gasteiger partial charge < -0.3 is 15.6 Å². The molecule has 2 aromatic rings. The summed E-state index contributed by atoms with van der Waals surface area (Å²) in [4.78, 5) is 19.1. The molecule has 20 heavy (non-hydrogen) atoms. The molecular weight excluding hydrogens is 252 g/mol. The Morgan fingerprint density at radius 2 is 2.00 bits per heavy atom. The molecule has 0 aliphatic heterocycles. The van der Waals surface area contributed by atoms with E-state index in [0.29, 0.717) is 12.1 Å². The van der Waals surface area contributed by atoms with Crippen LogP contribution in [0.25, 0.3) is 0 Å². The van der Waals surface area contributed by atoms with Crippen LogP contribution in [0.15, 0.2) is 30.6 Å². The smallest absolute Gasteiger partial charge is 0.251 e. The first-order valence-corrected chi connectivity index (χ1v) is 6.70. The highest BCUT2D eigenvalue weighted by Crippen LogP contribution is 2.11. The number of benzene rings is 1. The van der Waals surface area contributed by atoms with Crippen LogP contribution in [-0.4, -0.2) is 21.9 Å². The molecule has 3 N–H and O–H groups in total. The maximum absolute atomic E-state index is 11.8. The van der Waals surface area contributed by atoms with Gasteiger partial charge in [0, 0.05) is 23.0 Å². The molecule has 0 saturated carbocycles. The number of aromatic amines is 1. The van der Waals surface area contributed by atoms with Crippen molar-refractivity contribution in [3.8, 4) is 0 Å². The van der Waals surface area contributed by atoms with Crippen molar-refractivity contribution < 1.29 is 4.79 Å². The molecule has 106 valence electrons. The molecule has 2 rings (SSSR count). The van der Waals surface area contributed by atoms with E-state index in [0.717, 1.165) is 17.1 Å². The number of hydrogen-bond donors (Lipinski definition) is 3. The quantitative estimate of drug-likeness (QED) is 0.783. The van der Waals surface area contributed by atoms with E-state index in [1.165, 1.54) is 0 Å². The second kappa shape index (κ2) is 6.23. The maximum atomic E-state index is 11.8. The van der Waals surface area contributed by atoms with Crippen molar-refractivity contribution in [1.29, 1.82) is 0 Å². The van der Waals surface area contributed by atoms with Crippen molar-refractivity contribution >= 4 is 11.6 Å². The SMILES string of the molecule is Cc1[nH]cnc1CNc1ccc(C(=O)NC(C)C)cc1. The number of aromatic nitrogens is 2. The van der Waals surface area contributed by atoms with E-state index in [9.17, 15) is 4.79 Å². The number of nitrogens with one attached hydrogen (secondary N) is 3. The lowest BCUT2D eigenvalue weighted by molar-refractivity contribution is 0.0943. The van der Waals surface area contributed by atoms with Crippen molar-refractivity contribution in [2.24, 2.45) is 0 Å². The Bertz CT molecular complexity index is 572. The van der Waals surface area contributed by atoms with Crippen LogP contribution in [0, 0.1) is 6.92 Å². The second-order valence-corrected chi connectivity index (χ2v) is 5.03. The molecule has 0 aliphatic carbocycles. The number of H-pyrrole nitrogens is 1. The molecule has 0 atom stereocenters. The minimum atomic E-state index is -0.0466. The number of rotatable bonds is 5. The zero-order valence-electron chi connectivity index (χ0n) is 12.0. The molecule has 5 heteroatoms. The van der Waals surface area contributed by atoms with Gasteiger partial charge in [-0.3, -0.25) is 4.79 Å². The normalized spacial score (nSPS) is 10.6. The molecule has 1 heterocycles. The molecule has 0 saturated heterocycles. The van der Waals surface area contributed by atoms with E-state index in [-0.39, 0.29) is 11.9 Å². The first-order chi connectivity index (χ1) is 9.56.